The van der Waals surface area contributed by atoms with Crippen LogP contribution in [-0.2, 0) is 19.1 Å². The lowest BCUT2D eigenvalue weighted by Crippen LogP contribution is -2.38. The smallest absolute Gasteiger partial charge is 0.423 e. The number of methoxy groups -OCH3 is 1. The summed E-state index contributed by atoms with van der Waals surface area (Å²) in [4.78, 5) is 38.4. The number of fused-ring (bicyclic) bond motifs is 3. The molecule has 0 unspecified atom stereocenters. The van der Waals surface area contributed by atoms with Crippen molar-refractivity contribution in [3.63, 3.8) is 0 Å². The van der Waals surface area contributed by atoms with Gasteiger partial charge in [-0.15, -0.1) is 0 Å². The highest BCUT2D eigenvalue weighted by atomic mass is 16.5. The third-order valence-corrected chi connectivity index (χ3v) is 6.98. The second-order valence-corrected chi connectivity index (χ2v) is 8.75. The van der Waals surface area contributed by atoms with Crippen LogP contribution < -0.4 is 0 Å². The standard InChI is InChI=1S/C25H29NO7/c1-3-14(9-15-5-4-6-17(28)10-15)7-8-20-21-16(12-27)11-18-22(19(21)13-33-20)24(30)26(23(18)29)25(31)32-2/h4-6,9-10,18-20,22,27-28H,3,7-8,11-13H2,1-2H3/b14-9+/t18-,19+,20-,22-/m1/s1. The van der Waals surface area contributed by atoms with E-state index in [1.165, 1.54) is 5.57 Å². The van der Waals surface area contributed by atoms with Gasteiger partial charge in [0, 0.05) is 5.92 Å². The van der Waals surface area contributed by atoms with E-state index < -0.39 is 29.7 Å². The largest absolute Gasteiger partial charge is 0.508 e. The van der Waals surface area contributed by atoms with Crippen molar-refractivity contribution in [3.05, 3.63) is 46.5 Å². The molecule has 1 aromatic carbocycles. The Morgan fingerprint density at radius 3 is 2.73 bits per heavy atom. The van der Waals surface area contributed by atoms with Crippen LogP contribution in [-0.4, -0.2) is 59.4 Å². The highest BCUT2D eigenvalue weighted by molar-refractivity contribution is 6.16. The van der Waals surface area contributed by atoms with Crippen molar-refractivity contribution in [2.24, 2.45) is 17.8 Å². The Balaban J connectivity index is 1.54. The van der Waals surface area contributed by atoms with Crippen LogP contribution in [0.4, 0.5) is 4.79 Å². The molecule has 8 nitrogen and oxygen atoms in total. The number of amides is 3. The lowest BCUT2D eigenvalue weighted by atomic mass is 9.69. The van der Waals surface area contributed by atoms with E-state index in [0.717, 1.165) is 36.7 Å². The van der Waals surface area contributed by atoms with Gasteiger partial charge in [0.1, 0.15) is 5.75 Å². The van der Waals surface area contributed by atoms with E-state index in [1.807, 2.05) is 6.07 Å². The number of imide groups is 3. The molecule has 0 aromatic heterocycles. The van der Waals surface area contributed by atoms with Crippen molar-refractivity contribution in [3.8, 4) is 5.75 Å². The third kappa shape index (κ3) is 4.20. The number of ether oxygens (including phenoxy) is 2. The molecule has 0 saturated carbocycles. The number of nitrogens with zero attached hydrogens (tertiary/aromatic N) is 1. The molecule has 0 spiro atoms. The van der Waals surface area contributed by atoms with E-state index in [-0.39, 0.29) is 37.4 Å². The highest BCUT2D eigenvalue weighted by Crippen LogP contribution is 2.49. The zero-order valence-corrected chi connectivity index (χ0v) is 18.8. The van der Waals surface area contributed by atoms with E-state index in [9.17, 15) is 24.6 Å². The minimum atomic E-state index is -0.966. The van der Waals surface area contributed by atoms with Crippen LogP contribution in [0, 0.1) is 17.8 Å². The van der Waals surface area contributed by atoms with Crippen LogP contribution in [0.1, 0.15) is 38.2 Å². The summed E-state index contributed by atoms with van der Waals surface area (Å²) in [5, 5.41) is 19.8. The van der Waals surface area contributed by atoms with E-state index in [2.05, 4.69) is 17.7 Å². The van der Waals surface area contributed by atoms with Gasteiger partial charge in [0.15, 0.2) is 0 Å². The van der Waals surface area contributed by atoms with Crippen LogP contribution in [0.25, 0.3) is 6.08 Å². The summed E-state index contributed by atoms with van der Waals surface area (Å²) in [6.07, 6.45) is 3.33. The van der Waals surface area contributed by atoms with Crippen molar-refractivity contribution in [1.29, 1.82) is 0 Å². The summed E-state index contributed by atoms with van der Waals surface area (Å²) < 4.78 is 10.7. The number of hydrogen-bond acceptors (Lipinski definition) is 7. The van der Waals surface area contributed by atoms with Gasteiger partial charge in [-0.25, -0.2) is 4.79 Å². The number of likely N-dealkylation sites (tertiary alicyclic amines) is 1. The van der Waals surface area contributed by atoms with Gasteiger partial charge in [0.2, 0.25) is 11.8 Å². The van der Waals surface area contributed by atoms with Gasteiger partial charge in [0.25, 0.3) is 0 Å². The molecule has 1 aromatic rings. The van der Waals surface area contributed by atoms with Gasteiger partial charge >= 0.3 is 6.09 Å². The SMILES string of the molecule is CC/C(=C\c1cccc(O)c1)CC[C@H]1OC[C@H]2C1=C(CO)C[C@H]1C(=O)N(C(=O)OC)C(=O)[C@H]12. The minimum absolute atomic E-state index is 0.214. The first-order valence-corrected chi connectivity index (χ1v) is 11.3. The topological polar surface area (TPSA) is 113 Å². The van der Waals surface area contributed by atoms with Gasteiger partial charge in [-0.2, -0.15) is 4.90 Å². The minimum Gasteiger partial charge on any atom is -0.508 e. The maximum atomic E-state index is 13.0. The molecule has 4 rings (SSSR count). The molecule has 0 bridgehead atoms. The number of benzene rings is 1. The molecular weight excluding hydrogens is 426 g/mol. The van der Waals surface area contributed by atoms with E-state index >= 15 is 0 Å². The Morgan fingerprint density at radius 1 is 1.27 bits per heavy atom. The van der Waals surface area contributed by atoms with E-state index in [4.69, 9.17) is 4.74 Å². The monoisotopic (exact) mass is 455 g/mol. The lowest BCUT2D eigenvalue weighted by molar-refractivity contribution is -0.137. The maximum absolute atomic E-state index is 13.0. The van der Waals surface area contributed by atoms with Crippen molar-refractivity contribution in [2.45, 2.75) is 38.7 Å². The summed E-state index contributed by atoms with van der Waals surface area (Å²) >= 11 is 0. The number of aliphatic hydroxyl groups is 1. The zero-order valence-electron chi connectivity index (χ0n) is 18.8. The number of carbonyl (C=O) groups is 3. The number of aromatic hydroxyl groups is 1. The Hall–Kier alpha value is -2.97. The number of rotatable bonds is 6. The van der Waals surface area contributed by atoms with Crippen molar-refractivity contribution >= 4 is 24.0 Å². The second-order valence-electron chi connectivity index (χ2n) is 8.75. The van der Waals surface area contributed by atoms with Crippen LogP contribution in [0.15, 0.2) is 41.0 Å². The third-order valence-electron chi connectivity index (χ3n) is 6.98. The van der Waals surface area contributed by atoms with Crippen molar-refractivity contribution < 1.29 is 34.1 Å². The summed E-state index contributed by atoms with van der Waals surface area (Å²) in [7, 11) is 1.14. The Morgan fingerprint density at radius 2 is 2.06 bits per heavy atom. The van der Waals surface area contributed by atoms with Crippen molar-refractivity contribution in [2.75, 3.05) is 20.3 Å². The fourth-order valence-corrected chi connectivity index (χ4v) is 5.41. The van der Waals surface area contributed by atoms with Crippen molar-refractivity contribution in [1.82, 2.24) is 4.90 Å². The summed E-state index contributed by atoms with van der Waals surface area (Å²) in [6, 6.07) is 7.07. The summed E-state index contributed by atoms with van der Waals surface area (Å²) in [5.74, 6) is -2.56. The van der Waals surface area contributed by atoms with Crippen LogP contribution in [0.5, 0.6) is 5.75 Å². The zero-order chi connectivity index (χ0) is 23.7. The maximum Gasteiger partial charge on any atom is 0.423 e. The Bertz CT molecular complexity index is 1030. The van der Waals surface area contributed by atoms with Crippen LogP contribution >= 0.6 is 0 Å². The Labute approximate surface area is 192 Å². The fourth-order valence-electron chi connectivity index (χ4n) is 5.41. The molecular formula is C25H29NO7. The first kappa shape index (κ1) is 23.2. The number of allylic oxidation sites excluding steroid dienone is 1. The average Bonchev–Trinajstić information content (AvgIpc) is 3.34. The molecule has 2 fully saturated rings. The lowest BCUT2D eigenvalue weighted by Gasteiger charge is -2.31. The molecule has 8 heteroatoms. The summed E-state index contributed by atoms with van der Waals surface area (Å²) in [5.41, 5.74) is 3.74. The molecule has 2 saturated heterocycles. The highest BCUT2D eigenvalue weighted by Gasteiger charge is 2.58. The number of aliphatic hydroxyl groups excluding tert-OH is 1. The molecule has 2 N–H and O–H groups in total. The van der Waals surface area contributed by atoms with E-state index in [1.54, 1.807) is 18.2 Å². The van der Waals surface area contributed by atoms with Gasteiger partial charge in [-0.1, -0.05) is 30.7 Å². The molecule has 3 aliphatic rings. The first-order valence-electron chi connectivity index (χ1n) is 11.3. The van der Waals surface area contributed by atoms with Crippen LogP contribution in [0.3, 0.4) is 0 Å². The van der Waals surface area contributed by atoms with Gasteiger partial charge < -0.3 is 19.7 Å². The van der Waals surface area contributed by atoms with Gasteiger partial charge in [-0.05, 0) is 54.5 Å². The number of hydrogen-bond donors (Lipinski definition) is 2. The molecule has 0 radical (unpaired) electrons. The molecule has 3 amide bonds. The molecule has 33 heavy (non-hydrogen) atoms. The van der Waals surface area contributed by atoms with E-state index in [0.29, 0.717) is 11.3 Å². The van der Waals surface area contributed by atoms with Crippen LogP contribution in [0.2, 0.25) is 0 Å². The predicted octanol–water partition coefficient (Wildman–Crippen LogP) is 3.04. The molecule has 4 atom stereocenters. The van der Waals surface area contributed by atoms with Gasteiger partial charge in [0.05, 0.1) is 38.3 Å². The average molecular weight is 456 g/mol. The number of phenolic OH excluding ortho intramolecular Hbond substituents is 1. The van der Waals surface area contributed by atoms with Gasteiger partial charge in [-0.3, -0.25) is 9.59 Å². The molecule has 2 heterocycles. The molecule has 1 aliphatic carbocycles. The first-order chi connectivity index (χ1) is 15.9. The number of phenols is 1. The summed E-state index contributed by atoms with van der Waals surface area (Å²) in [6.45, 7) is 2.13. The Kier molecular flexibility index (Phi) is 6.67. The second kappa shape index (κ2) is 9.49. The quantitative estimate of drug-likeness (QED) is 0.501. The fraction of sp³-hybridized carbons (Fsp3) is 0.480. The number of carbonyl (C=O) groups excluding carboxylic acids is 3. The molecule has 2 aliphatic heterocycles. The normalized spacial score (nSPS) is 27.1. The predicted molar refractivity (Wildman–Crippen MR) is 119 cm³/mol. The molecule has 176 valence electrons.